The maximum absolute atomic E-state index is 14.6. The van der Waals surface area contributed by atoms with E-state index in [0.29, 0.717) is 22.5 Å². The molecule has 0 aliphatic heterocycles. The van der Waals surface area contributed by atoms with E-state index in [2.05, 4.69) is 25.7 Å². The molecular weight excluding hydrogens is 321 g/mol. The predicted octanol–water partition coefficient (Wildman–Crippen LogP) is 4.90. The fraction of sp³-hybridized carbons (Fsp3) is 0.278. The van der Waals surface area contributed by atoms with Crippen LogP contribution < -0.4 is 5.32 Å². The molecule has 4 aromatic rings. The number of aromatic nitrogens is 4. The summed E-state index contributed by atoms with van der Waals surface area (Å²) < 4.78 is 20.0. The summed E-state index contributed by atoms with van der Waals surface area (Å²) >= 11 is 0. The average molecular weight is 339 g/mol. The fourth-order valence-corrected chi connectivity index (χ4v) is 2.70. The second-order valence-electron chi connectivity index (χ2n) is 7.10. The number of aromatic amines is 1. The van der Waals surface area contributed by atoms with Gasteiger partial charge in [0.25, 0.3) is 0 Å². The lowest BCUT2D eigenvalue weighted by molar-refractivity contribution is 0.156. The highest BCUT2D eigenvalue weighted by Crippen LogP contribution is 2.39. The van der Waals surface area contributed by atoms with Gasteiger partial charge >= 0.3 is 0 Å². The summed E-state index contributed by atoms with van der Waals surface area (Å²) in [5, 5.41) is 15.0. The molecule has 2 N–H and O–H groups in total. The Morgan fingerprint density at radius 1 is 1.24 bits per heavy atom. The Morgan fingerprint density at radius 3 is 2.88 bits per heavy atom. The van der Waals surface area contributed by atoms with Crippen LogP contribution in [0.25, 0.3) is 22.0 Å². The third-order valence-corrected chi connectivity index (χ3v) is 4.08. The van der Waals surface area contributed by atoms with E-state index in [9.17, 15) is 4.39 Å². The molecule has 0 amide bonds. The number of pyridine rings is 1. The largest absolute Gasteiger partial charge is 0.356 e. The first kappa shape index (κ1) is 15.6. The van der Waals surface area contributed by atoms with Gasteiger partial charge in [-0.25, -0.2) is 4.39 Å². The highest BCUT2D eigenvalue weighted by Gasteiger charge is 2.30. The Kier molecular flexibility index (Phi) is 3.45. The van der Waals surface area contributed by atoms with Crippen LogP contribution in [0.1, 0.15) is 32.6 Å². The number of nitrogens with zero attached hydrogens (tertiary/aromatic N) is 3. The van der Waals surface area contributed by atoms with Gasteiger partial charge in [0.15, 0.2) is 17.6 Å². The van der Waals surface area contributed by atoms with E-state index in [-0.39, 0.29) is 0 Å². The Labute approximate surface area is 143 Å². The number of hydrogen-bond donors (Lipinski definition) is 2. The van der Waals surface area contributed by atoms with Crippen molar-refractivity contribution < 1.29 is 8.91 Å². The molecule has 0 saturated carbocycles. The molecule has 0 radical (unpaired) electrons. The summed E-state index contributed by atoms with van der Waals surface area (Å²) in [6.45, 7) is 5.51. The molecule has 3 heterocycles. The number of anilines is 2. The van der Waals surface area contributed by atoms with Crippen molar-refractivity contribution in [3.05, 3.63) is 42.2 Å². The van der Waals surface area contributed by atoms with Crippen LogP contribution in [0.4, 0.5) is 15.9 Å². The second-order valence-corrected chi connectivity index (χ2v) is 7.10. The summed E-state index contributed by atoms with van der Waals surface area (Å²) in [5.74, 6) is 0.618. The van der Waals surface area contributed by atoms with Crippen LogP contribution in [0, 0.1) is 5.41 Å². The highest BCUT2D eigenvalue weighted by molar-refractivity contribution is 5.89. The molecule has 1 atom stereocenters. The van der Waals surface area contributed by atoms with Crippen LogP contribution >= 0.6 is 0 Å². The molecule has 1 aromatic carbocycles. The first-order valence-corrected chi connectivity index (χ1v) is 8.03. The minimum atomic E-state index is -1.20. The van der Waals surface area contributed by atoms with E-state index in [0.717, 1.165) is 16.7 Å². The van der Waals surface area contributed by atoms with E-state index >= 15 is 0 Å². The van der Waals surface area contributed by atoms with Crippen molar-refractivity contribution in [3.8, 4) is 0 Å². The molecule has 7 heteroatoms. The van der Waals surface area contributed by atoms with Crippen molar-refractivity contribution in [2.45, 2.75) is 26.9 Å². The Balaban J connectivity index is 1.68. The van der Waals surface area contributed by atoms with Crippen LogP contribution in [0.15, 0.2) is 41.1 Å². The molecule has 0 aliphatic rings. The van der Waals surface area contributed by atoms with Crippen LogP contribution in [0.3, 0.4) is 0 Å². The number of benzene rings is 1. The highest BCUT2D eigenvalue weighted by atomic mass is 19.1. The van der Waals surface area contributed by atoms with Crippen molar-refractivity contribution in [2.24, 2.45) is 5.41 Å². The maximum Gasteiger partial charge on any atom is 0.178 e. The van der Waals surface area contributed by atoms with Crippen LogP contribution in [-0.4, -0.2) is 20.3 Å². The van der Waals surface area contributed by atoms with E-state index in [1.807, 2.05) is 45.0 Å². The molecular formula is C18H18FN5O. The summed E-state index contributed by atoms with van der Waals surface area (Å²) in [6, 6.07) is 9.19. The zero-order valence-corrected chi connectivity index (χ0v) is 14.2. The predicted molar refractivity (Wildman–Crippen MR) is 94.5 cm³/mol. The standard InChI is InChI=1S/C18H18FN5O/c1-18(2,3)16(19)14-11-7-6-10(9-13(11)25-24-14)21-17-15-12(22-23-17)5-4-8-20-15/h4-9,16H,1-3H3,(H2,21,22,23). The Morgan fingerprint density at radius 2 is 2.08 bits per heavy atom. The number of H-pyrrole nitrogens is 1. The Hall–Kier alpha value is -2.96. The smallest absolute Gasteiger partial charge is 0.178 e. The van der Waals surface area contributed by atoms with Crippen LogP contribution in [0.2, 0.25) is 0 Å². The monoisotopic (exact) mass is 339 g/mol. The third kappa shape index (κ3) is 2.71. The van der Waals surface area contributed by atoms with Gasteiger partial charge in [0.05, 0.1) is 5.52 Å². The zero-order valence-electron chi connectivity index (χ0n) is 14.2. The average Bonchev–Trinajstić information content (AvgIpc) is 3.17. The van der Waals surface area contributed by atoms with E-state index in [1.54, 1.807) is 12.3 Å². The van der Waals surface area contributed by atoms with Gasteiger partial charge in [0.1, 0.15) is 11.2 Å². The van der Waals surface area contributed by atoms with E-state index in [4.69, 9.17) is 4.52 Å². The lowest BCUT2D eigenvalue weighted by Gasteiger charge is -2.21. The van der Waals surface area contributed by atoms with Crippen molar-refractivity contribution in [1.29, 1.82) is 0 Å². The van der Waals surface area contributed by atoms with Crippen LogP contribution in [0.5, 0.6) is 0 Å². The second kappa shape index (κ2) is 5.54. The van der Waals surface area contributed by atoms with Crippen molar-refractivity contribution in [1.82, 2.24) is 20.3 Å². The lowest BCUT2D eigenvalue weighted by Crippen LogP contribution is -2.14. The molecule has 0 spiro atoms. The van der Waals surface area contributed by atoms with Gasteiger partial charge in [0.2, 0.25) is 0 Å². The molecule has 4 rings (SSSR count). The van der Waals surface area contributed by atoms with Gasteiger partial charge in [-0.2, -0.15) is 5.10 Å². The van der Waals surface area contributed by atoms with Gasteiger partial charge < -0.3 is 9.84 Å². The minimum absolute atomic E-state index is 0.334. The Bertz CT molecular complexity index is 1050. The van der Waals surface area contributed by atoms with Crippen molar-refractivity contribution >= 4 is 33.5 Å². The summed E-state index contributed by atoms with van der Waals surface area (Å²) in [6.07, 6.45) is 0.509. The molecule has 6 nitrogen and oxygen atoms in total. The number of alkyl halides is 1. The SMILES string of the molecule is CC(C)(C)C(F)c1noc2cc(Nc3n[nH]c4cccnc34)ccc12. The number of halogens is 1. The summed E-state index contributed by atoms with van der Waals surface area (Å²) in [7, 11) is 0. The number of rotatable bonds is 3. The third-order valence-electron chi connectivity index (χ3n) is 4.08. The quantitative estimate of drug-likeness (QED) is 0.555. The molecule has 1 unspecified atom stereocenters. The van der Waals surface area contributed by atoms with Gasteiger partial charge in [-0.1, -0.05) is 25.9 Å². The number of nitrogens with one attached hydrogen (secondary N) is 2. The number of fused-ring (bicyclic) bond motifs is 2. The van der Waals surface area contributed by atoms with Crippen LogP contribution in [-0.2, 0) is 0 Å². The summed E-state index contributed by atoms with van der Waals surface area (Å²) in [5.41, 5.74) is 2.68. The maximum atomic E-state index is 14.6. The number of hydrogen-bond acceptors (Lipinski definition) is 5. The molecule has 0 bridgehead atoms. The molecule has 25 heavy (non-hydrogen) atoms. The van der Waals surface area contributed by atoms with Crippen molar-refractivity contribution in [3.63, 3.8) is 0 Å². The molecule has 128 valence electrons. The van der Waals surface area contributed by atoms with Gasteiger partial charge in [-0.15, -0.1) is 0 Å². The van der Waals surface area contributed by atoms with Gasteiger partial charge in [0, 0.05) is 23.3 Å². The molecule has 0 aliphatic carbocycles. The molecule has 3 aromatic heterocycles. The summed E-state index contributed by atoms with van der Waals surface area (Å²) in [4.78, 5) is 4.31. The first-order valence-electron chi connectivity index (χ1n) is 8.03. The minimum Gasteiger partial charge on any atom is -0.356 e. The first-order chi connectivity index (χ1) is 11.9. The van der Waals surface area contributed by atoms with E-state index in [1.165, 1.54) is 0 Å². The topological polar surface area (TPSA) is 79.6 Å². The van der Waals surface area contributed by atoms with Gasteiger partial charge in [-0.05, 0) is 29.7 Å². The molecule has 0 fully saturated rings. The fourth-order valence-electron chi connectivity index (χ4n) is 2.70. The van der Waals surface area contributed by atoms with E-state index < -0.39 is 11.6 Å². The molecule has 0 saturated heterocycles. The zero-order chi connectivity index (χ0) is 17.6. The lowest BCUT2D eigenvalue weighted by atomic mass is 9.87. The normalized spacial score (nSPS) is 13.4. The van der Waals surface area contributed by atoms with Crippen molar-refractivity contribution in [2.75, 3.05) is 5.32 Å². The van der Waals surface area contributed by atoms with Gasteiger partial charge in [-0.3, -0.25) is 10.1 Å².